The second-order valence-electron chi connectivity index (χ2n) is 3.75. The fraction of sp³-hybridized carbons (Fsp3) is 0.0714. The Morgan fingerprint density at radius 2 is 1.78 bits per heavy atom. The molecule has 0 saturated heterocycles. The Morgan fingerprint density at radius 1 is 1.11 bits per heavy atom. The summed E-state index contributed by atoms with van der Waals surface area (Å²) in [4.78, 5) is 1.48. The Labute approximate surface area is 105 Å². The quantitative estimate of drug-likeness (QED) is 0.509. The Balaban J connectivity index is 2.80. The lowest BCUT2D eigenvalue weighted by molar-refractivity contribution is 1.13. The summed E-state index contributed by atoms with van der Waals surface area (Å²) in [5, 5.41) is 27.1. The van der Waals surface area contributed by atoms with Gasteiger partial charge in [0.05, 0.1) is 5.69 Å². The molecule has 1 aliphatic heterocycles. The first kappa shape index (κ1) is 11.5. The van der Waals surface area contributed by atoms with E-state index in [2.05, 4.69) is 6.19 Å². The van der Waals surface area contributed by atoms with Crippen molar-refractivity contribution in [2.45, 2.75) is 6.92 Å². The van der Waals surface area contributed by atoms with Crippen LogP contribution in [0.3, 0.4) is 0 Å². The maximum absolute atomic E-state index is 9.14. The number of rotatable bonds is 0. The van der Waals surface area contributed by atoms with Crippen molar-refractivity contribution in [3.05, 3.63) is 47.2 Å². The molecular formula is C14H8N4. The van der Waals surface area contributed by atoms with Crippen molar-refractivity contribution in [2.75, 3.05) is 4.90 Å². The van der Waals surface area contributed by atoms with Gasteiger partial charge in [-0.3, -0.25) is 4.90 Å². The number of anilines is 1. The fourth-order valence-corrected chi connectivity index (χ4v) is 1.92. The lowest BCUT2D eigenvalue weighted by Gasteiger charge is -2.25. The number of hydrogen-bond donors (Lipinski definition) is 0. The molecule has 4 nitrogen and oxygen atoms in total. The molecule has 1 aromatic rings. The van der Waals surface area contributed by atoms with Gasteiger partial charge in [-0.2, -0.15) is 15.8 Å². The molecule has 0 aliphatic carbocycles. The molecule has 0 fully saturated rings. The minimum Gasteiger partial charge on any atom is -0.252 e. The first-order valence-corrected chi connectivity index (χ1v) is 5.25. The molecule has 0 N–H and O–H groups in total. The molecule has 1 aliphatic rings. The molecule has 18 heavy (non-hydrogen) atoms. The number of allylic oxidation sites excluding steroid dienone is 4. The van der Waals surface area contributed by atoms with Gasteiger partial charge in [0, 0.05) is 16.8 Å². The Hall–Kier alpha value is -3.03. The van der Waals surface area contributed by atoms with E-state index in [-0.39, 0.29) is 5.57 Å². The minimum absolute atomic E-state index is 0.0550. The molecule has 1 aromatic carbocycles. The highest BCUT2D eigenvalue weighted by Crippen LogP contribution is 2.36. The van der Waals surface area contributed by atoms with Crippen LogP contribution in [0, 0.1) is 34.1 Å². The van der Waals surface area contributed by atoms with Crippen molar-refractivity contribution >= 4 is 11.3 Å². The van der Waals surface area contributed by atoms with E-state index in [9.17, 15) is 0 Å². The second kappa shape index (κ2) is 4.45. The minimum atomic E-state index is 0.0550. The van der Waals surface area contributed by atoms with Crippen LogP contribution in [0.4, 0.5) is 5.69 Å². The number of nitriles is 3. The van der Waals surface area contributed by atoms with Gasteiger partial charge in [-0.05, 0) is 19.1 Å². The zero-order valence-corrected chi connectivity index (χ0v) is 9.68. The van der Waals surface area contributed by atoms with Crippen LogP contribution in [-0.4, -0.2) is 0 Å². The number of benzene rings is 1. The van der Waals surface area contributed by atoms with E-state index < -0.39 is 0 Å². The van der Waals surface area contributed by atoms with E-state index >= 15 is 0 Å². The van der Waals surface area contributed by atoms with E-state index in [4.69, 9.17) is 15.8 Å². The van der Waals surface area contributed by atoms with Crippen molar-refractivity contribution in [2.24, 2.45) is 0 Å². The van der Waals surface area contributed by atoms with Gasteiger partial charge in [-0.15, -0.1) is 0 Å². The topological polar surface area (TPSA) is 74.6 Å². The second-order valence-corrected chi connectivity index (χ2v) is 3.75. The van der Waals surface area contributed by atoms with Crippen LogP contribution in [0.5, 0.6) is 0 Å². The Kier molecular flexibility index (Phi) is 2.83. The number of nitrogens with zero attached hydrogens (tertiary/aromatic N) is 4. The highest BCUT2D eigenvalue weighted by Gasteiger charge is 2.22. The van der Waals surface area contributed by atoms with E-state index in [1.54, 1.807) is 25.1 Å². The largest absolute Gasteiger partial charge is 0.252 e. The van der Waals surface area contributed by atoms with Crippen molar-refractivity contribution in [3.63, 3.8) is 0 Å². The predicted molar refractivity (Wildman–Crippen MR) is 66.4 cm³/mol. The van der Waals surface area contributed by atoms with Gasteiger partial charge in [0.25, 0.3) is 0 Å². The molecule has 0 bridgehead atoms. The van der Waals surface area contributed by atoms with Gasteiger partial charge >= 0.3 is 0 Å². The third kappa shape index (κ3) is 1.61. The number of para-hydroxylation sites is 1. The summed E-state index contributed by atoms with van der Waals surface area (Å²) in [6.45, 7) is 1.77. The molecule has 0 amide bonds. The lowest BCUT2D eigenvalue weighted by atomic mass is 9.94. The van der Waals surface area contributed by atoms with Crippen LogP contribution in [0.25, 0.3) is 5.57 Å². The van der Waals surface area contributed by atoms with Gasteiger partial charge in [-0.1, -0.05) is 18.2 Å². The molecule has 84 valence electrons. The smallest absolute Gasteiger partial charge is 0.189 e. The molecule has 1 heterocycles. The molecule has 0 saturated carbocycles. The highest BCUT2D eigenvalue weighted by atomic mass is 15.1. The maximum atomic E-state index is 9.14. The van der Waals surface area contributed by atoms with E-state index in [1.165, 1.54) is 4.90 Å². The summed E-state index contributed by atoms with van der Waals surface area (Å²) in [6.07, 6.45) is 3.77. The van der Waals surface area contributed by atoms with Gasteiger partial charge < -0.3 is 0 Å². The molecule has 0 radical (unpaired) electrons. The van der Waals surface area contributed by atoms with Crippen LogP contribution in [-0.2, 0) is 0 Å². The summed E-state index contributed by atoms with van der Waals surface area (Å²) in [5.74, 6) is 0. The highest BCUT2D eigenvalue weighted by molar-refractivity contribution is 5.92. The first-order valence-electron chi connectivity index (χ1n) is 5.25. The molecule has 0 spiro atoms. The molecule has 2 rings (SSSR count). The van der Waals surface area contributed by atoms with Crippen molar-refractivity contribution < 1.29 is 0 Å². The summed E-state index contributed by atoms with van der Waals surface area (Å²) >= 11 is 0. The number of fused-ring (bicyclic) bond motifs is 1. The fourth-order valence-electron chi connectivity index (χ4n) is 1.92. The summed E-state index contributed by atoms with van der Waals surface area (Å²) in [5.41, 5.74) is 2.73. The molecule has 0 atom stereocenters. The van der Waals surface area contributed by atoms with Crippen molar-refractivity contribution in [3.8, 4) is 18.3 Å². The van der Waals surface area contributed by atoms with Gasteiger partial charge in [0.15, 0.2) is 6.19 Å². The molecule has 4 heteroatoms. The maximum Gasteiger partial charge on any atom is 0.189 e. The summed E-state index contributed by atoms with van der Waals surface area (Å²) < 4.78 is 0. The molecular weight excluding hydrogens is 224 g/mol. The SMILES string of the molecule is CC1=CC(=C(C#N)C#N)c2ccccc2N1C#N. The average Bonchev–Trinajstić information content (AvgIpc) is 2.40. The number of hydrogen-bond acceptors (Lipinski definition) is 4. The predicted octanol–water partition coefficient (Wildman–Crippen LogP) is 2.69. The van der Waals surface area contributed by atoms with Crippen molar-refractivity contribution in [1.82, 2.24) is 0 Å². The van der Waals surface area contributed by atoms with Gasteiger partial charge in [0.2, 0.25) is 0 Å². The first-order chi connectivity index (χ1) is 8.72. The third-order valence-corrected chi connectivity index (χ3v) is 2.73. The third-order valence-electron chi connectivity index (χ3n) is 2.73. The molecule has 0 aromatic heterocycles. The van der Waals surface area contributed by atoms with Gasteiger partial charge in [0.1, 0.15) is 17.7 Å². The van der Waals surface area contributed by atoms with Crippen LogP contribution in [0.15, 0.2) is 41.6 Å². The lowest BCUT2D eigenvalue weighted by Crippen LogP contribution is -2.18. The zero-order valence-electron chi connectivity index (χ0n) is 9.68. The normalized spacial score (nSPS) is 12.7. The van der Waals surface area contributed by atoms with E-state index in [0.717, 1.165) is 5.56 Å². The van der Waals surface area contributed by atoms with E-state index in [0.29, 0.717) is 17.0 Å². The Bertz CT molecular complexity index is 674. The summed E-state index contributed by atoms with van der Waals surface area (Å²) in [6, 6.07) is 11.0. The van der Waals surface area contributed by atoms with Crippen LogP contribution < -0.4 is 4.90 Å². The van der Waals surface area contributed by atoms with Crippen molar-refractivity contribution in [1.29, 1.82) is 15.8 Å². The van der Waals surface area contributed by atoms with Crippen LogP contribution in [0.2, 0.25) is 0 Å². The van der Waals surface area contributed by atoms with Gasteiger partial charge in [-0.25, -0.2) is 0 Å². The molecule has 0 unspecified atom stereocenters. The standard InChI is InChI=1S/C14H8N4/c1-10-6-13(11(7-15)8-16)12-4-2-3-5-14(12)18(10)9-17/h2-6H,1H3. The Morgan fingerprint density at radius 3 is 2.39 bits per heavy atom. The summed E-state index contributed by atoms with van der Waals surface area (Å²) in [7, 11) is 0. The average molecular weight is 232 g/mol. The monoisotopic (exact) mass is 232 g/mol. The zero-order chi connectivity index (χ0) is 13.1. The van der Waals surface area contributed by atoms with Crippen LogP contribution >= 0.6 is 0 Å². The van der Waals surface area contributed by atoms with E-state index in [1.807, 2.05) is 24.3 Å². The van der Waals surface area contributed by atoms with Crippen LogP contribution in [0.1, 0.15) is 12.5 Å².